The summed E-state index contributed by atoms with van der Waals surface area (Å²) in [7, 11) is 3.90. The Morgan fingerprint density at radius 1 is 1.48 bits per heavy atom. The van der Waals surface area contributed by atoms with Gasteiger partial charge in [0.2, 0.25) is 0 Å². The first-order valence-electron chi connectivity index (χ1n) is 6.50. The van der Waals surface area contributed by atoms with Crippen LogP contribution in [0.3, 0.4) is 0 Å². The van der Waals surface area contributed by atoms with E-state index in [1.165, 1.54) is 6.20 Å². The molecule has 5 nitrogen and oxygen atoms in total. The lowest BCUT2D eigenvalue weighted by atomic mass is 10.2. The van der Waals surface area contributed by atoms with Crippen molar-refractivity contribution in [2.24, 2.45) is 0 Å². The molecule has 0 fully saturated rings. The van der Waals surface area contributed by atoms with Gasteiger partial charge < -0.3 is 15.5 Å². The van der Waals surface area contributed by atoms with E-state index in [1.807, 2.05) is 32.0 Å². The van der Waals surface area contributed by atoms with E-state index in [4.69, 9.17) is 16.9 Å². The Morgan fingerprint density at radius 2 is 2.19 bits per heavy atom. The van der Waals surface area contributed by atoms with Crippen LogP contribution in [0.1, 0.15) is 5.56 Å². The van der Waals surface area contributed by atoms with E-state index in [0.29, 0.717) is 17.3 Å². The number of hydrogen-bond donors (Lipinski definition) is 2. The smallest absolute Gasteiger partial charge is 0.267 e. The van der Waals surface area contributed by atoms with Gasteiger partial charge in [-0.25, -0.2) is 0 Å². The molecule has 0 radical (unpaired) electrons. The molecule has 112 valence electrons. The summed E-state index contributed by atoms with van der Waals surface area (Å²) in [5.41, 5.74) is 1.39. The van der Waals surface area contributed by atoms with Crippen molar-refractivity contribution in [3.63, 3.8) is 0 Å². The molecular formula is C15H19ClN4O. The van der Waals surface area contributed by atoms with Crippen LogP contribution in [0.4, 0.5) is 5.69 Å². The Kier molecular flexibility index (Phi) is 6.73. The highest BCUT2D eigenvalue weighted by molar-refractivity contribution is 6.31. The first-order chi connectivity index (χ1) is 9.95. The van der Waals surface area contributed by atoms with E-state index < -0.39 is 5.91 Å². The fourth-order valence-electron chi connectivity index (χ4n) is 1.54. The van der Waals surface area contributed by atoms with E-state index in [9.17, 15) is 4.79 Å². The molecule has 1 aromatic rings. The maximum absolute atomic E-state index is 12.0. The number of anilines is 1. The van der Waals surface area contributed by atoms with Gasteiger partial charge in [-0.15, -0.1) is 0 Å². The molecule has 21 heavy (non-hydrogen) atoms. The Morgan fingerprint density at radius 3 is 2.81 bits per heavy atom. The van der Waals surface area contributed by atoms with Crippen molar-refractivity contribution in [3.8, 4) is 6.07 Å². The molecule has 0 aliphatic carbocycles. The van der Waals surface area contributed by atoms with Gasteiger partial charge in [-0.05, 0) is 38.7 Å². The van der Waals surface area contributed by atoms with Crippen molar-refractivity contribution >= 4 is 23.2 Å². The highest BCUT2D eigenvalue weighted by Crippen LogP contribution is 2.23. The largest absolute Gasteiger partial charge is 0.388 e. The first kappa shape index (κ1) is 17.0. The van der Waals surface area contributed by atoms with Gasteiger partial charge in [0.05, 0.1) is 0 Å². The van der Waals surface area contributed by atoms with Crippen LogP contribution in [-0.2, 0) is 4.79 Å². The summed E-state index contributed by atoms with van der Waals surface area (Å²) in [6.45, 7) is 3.27. The van der Waals surface area contributed by atoms with Crippen LogP contribution in [0, 0.1) is 18.3 Å². The third-order valence-corrected chi connectivity index (χ3v) is 3.24. The second kappa shape index (κ2) is 8.30. The molecule has 0 aromatic heterocycles. The van der Waals surface area contributed by atoms with E-state index in [2.05, 4.69) is 10.6 Å². The van der Waals surface area contributed by atoms with Gasteiger partial charge in [-0.2, -0.15) is 5.26 Å². The standard InChI is InChI=1S/C15H19ClN4O/c1-11-13(16)5-4-6-14(11)19-15(21)12(9-17)10-18-7-8-20(2)3/h4-6,10,18H,7-8H2,1-3H3,(H,19,21)/b12-10-. The van der Waals surface area contributed by atoms with Gasteiger partial charge >= 0.3 is 0 Å². The minimum Gasteiger partial charge on any atom is -0.388 e. The molecule has 2 N–H and O–H groups in total. The molecule has 0 aliphatic heterocycles. The lowest BCUT2D eigenvalue weighted by Gasteiger charge is -2.10. The number of nitriles is 1. The maximum Gasteiger partial charge on any atom is 0.267 e. The first-order valence-corrected chi connectivity index (χ1v) is 6.88. The summed E-state index contributed by atoms with van der Waals surface area (Å²) >= 11 is 5.99. The van der Waals surface area contributed by atoms with Crippen molar-refractivity contribution in [2.45, 2.75) is 6.92 Å². The third-order valence-electron chi connectivity index (χ3n) is 2.83. The van der Waals surface area contributed by atoms with Crippen LogP contribution in [0.2, 0.25) is 5.02 Å². The number of likely N-dealkylation sites (N-methyl/N-ethyl adjacent to an activating group) is 1. The minimum absolute atomic E-state index is 0.0214. The number of amides is 1. The highest BCUT2D eigenvalue weighted by Gasteiger charge is 2.11. The molecule has 0 bridgehead atoms. The van der Waals surface area contributed by atoms with E-state index in [1.54, 1.807) is 18.2 Å². The molecule has 6 heteroatoms. The van der Waals surface area contributed by atoms with Crippen molar-refractivity contribution in [3.05, 3.63) is 40.6 Å². The number of benzene rings is 1. The number of carbonyl (C=O) groups is 1. The van der Waals surface area contributed by atoms with Gasteiger partial charge in [-0.3, -0.25) is 4.79 Å². The van der Waals surface area contributed by atoms with E-state index >= 15 is 0 Å². The number of nitrogens with one attached hydrogen (secondary N) is 2. The second-order valence-electron chi connectivity index (χ2n) is 4.79. The van der Waals surface area contributed by atoms with E-state index in [0.717, 1.165) is 12.1 Å². The monoisotopic (exact) mass is 306 g/mol. The summed E-state index contributed by atoms with van der Waals surface area (Å²) in [4.78, 5) is 14.0. The predicted octanol–water partition coefficient (Wildman–Crippen LogP) is 2.15. The molecular weight excluding hydrogens is 288 g/mol. The summed E-state index contributed by atoms with van der Waals surface area (Å²) < 4.78 is 0. The molecule has 0 aliphatic rings. The topological polar surface area (TPSA) is 68.2 Å². The molecule has 0 spiro atoms. The summed E-state index contributed by atoms with van der Waals surface area (Å²) in [6, 6.07) is 7.12. The Hall–Kier alpha value is -2.03. The van der Waals surface area contributed by atoms with Gasteiger partial charge in [0.25, 0.3) is 5.91 Å². The molecule has 1 aromatic carbocycles. The Labute approximate surface area is 130 Å². The zero-order chi connectivity index (χ0) is 15.8. The third kappa shape index (κ3) is 5.46. The fraction of sp³-hybridized carbons (Fsp3) is 0.333. The van der Waals surface area contributed by atoms with Gasteiger partial charge in [0, 0.05) is 30.0 Å². The quantitative estimate of drug-likeness (QED) is 0.480. The number of halogens is 1. The molecule has 0 heterocycles. The van der Waals surface area contributed by atoms with Crippen LogP contribution in [0.25, 0.3) is 0 Å². The number of nitrogens with zero attached hydrogens (tertiary/aromatic N) is 2. The van der Waals surface area contributed by atoms with Crippen LogP contribution in [-0.4, -0.2) is 38.0 Å². The Balaban J connectivity index is 2.69. The number of rotatable bonds is 6. The fourth-order valence-corrected chi connectivity index (χ4v) is 1.72. The van der Waals surface area contributed by atoms with Gasteiger partial charge in [-0.1, -0.05) is 17.7 Å². The number of hydrogen-bond acceptors (Lipinski definition) is 4. The molecule has 0 saturated heterocycles. The van der Waals surface area contributed by atoms with Gasteiger partial charge in [0.1, 0.15) is 11.6 Å². The van der Waals surface area contributed by atoms with Crippen molar-refractivity contribution < 1.29 is 4.79 Å². The zero-order valence-corrected chi connectivity index (χ0v) is 13.2. The molecule has 0 atom stereocenters. The van der Waals surface area contributed by atoms with Crippen LogP contribution >= 0.6 is 11.6 Å². The Bertz CT molecular complexity index is 576. The lowest BCUT2D eigenvalue weighted by molar-refractivity contribution is -0.112. The lowest BCUT2D eigenvalue weighted by Crippen LogP contribution is -2.24. The predicted molar refractivity (Wildman–Crippen MR) is 85.1 cm³/mol. The summed E-state index contributed by atoms with van der Waals surface area (Å²) in [5, 5.41) is 15.3. The summed E-state index contributed by atoms with van der Waals surface area (Å²) in [6.07, 6.45) is 1.43. The van der Waals surface area contributed by atoms with Crippen molar-refractivity contribution in [2.75, 3.05) is 32.5 Å². The van der Waals surface area contributed by atoms with Crippen molar-refractivity contribution in [1.82, 2.24) is 10.2 Å². The SMILES string of the molecule is Cc1c(Cl)cccc1NC(=O)/C(C#N)=C\NCCN(C)C. The number of carbonyl (C=O) groups excluding carboxylic acids is 1. The molecule has 1 rings (SSSR count). The van der Waals surface area contributed by atoms with Crippen LogP contribution in [0.5, 0.6) is 0 Å². The molecule has 1 amide bonds. The molecule has 0 unspecified atom stereocenters. The zero-order valence-electron chi connectivity index (χ0n) is 12.4. The normalized spacial score (nSPS) is 11.1. The van der Waals surface area contributed by atoms with E-state index in [-0.39, 0.29) is 5.57 Å². The maximum atomic E-state index is 12.0. The second-order valence-corrected chi connectivity index (χ2v) is 5.20. The van der Waals surface area contributed by atoms with Gasteiger partial charge in [0.15, 0.2) is 0 Å². The van der Waals surface area contributed by atoms with Crippen molar-refractivity contribution in [1.29, 1.82) is 5.26 Å². The van der Waals surface area contributed by atoms with Crippen LogP contribution < -0.4 is 10.6 Å². The molecule has 0 saturated carbocycles. The highest BCUT2D eigenvalue weighted by atomic mass is 35.5. The average molecular weight is 307 g/mol. The average Bonchev–Trinajstić information content (AvgIpc) is 2.43. The van der Waals surface area contributed by atoms with Crippen LogP contribution in [0.15, 0.2) is 30.0 Å². The minimum atomic E-state index is -0.458. The summed E-state index contributed by atoms with van der Waals surface area (Å²) in [5.74, 6) is -0.458.